The molecule has 28 heavy (non-hydrogen) atoms. The Balaban J connectivity index is 1.53. The lowest BCUT2D eigenvalue weighted by atomic mass is 10.1. The normalized spacial score (nSPS) is 10.5. The topological polar surface area (TPSA) is 99.3 Å². The minimum Gasteiger partial charge on any atom is -0.492 e. The third kappa shape index (κ3) is 4.73. The average molecular weight is 380 g/mol. The maximum Gasteiger partial charge on any atom is 0.269 e. The Bertz CT molecular complexity index is 975. The van der Waals surface area contributed by atoms with Crippen LogP contribution in [-0.4, -0.2) is 33.8 Å². The Hall–Kier alpha value is -3.68. The number of ether oxygens (including phenoxy) is 1. The molecule has 0 spiro atoms. The van der Waals surface area contributed by atoms with Crippen molar-refractivity contribution in [2.45, 2.75) is 13.8 Å². The fourth-order valence-electron chi connectivity index (χ4n) is 2.76. The van der Waals surface area contributed by atoms with Crippen molar-refractivity contribution in [3.05, 3.63) is 81.7 Å². The van der Waals surface area contributed by atoms with Crippen LogP contribution in [0.2, 0.25) is 0 Å². The van der Waals surface area contributed by atoms with Gasteiger partial charge in [-0.2, -0.15) is 5.10 Å². The number of nitro benzene ring substituents is 1. The van der Waals surface area contributed by atoms with Crippen LogP contribution >= 0.6 is 0 Å². The maximum atomic E-state index is 12.2. The molecule has 1 aromatic heterocycles. The molecule has 0 fully saturated rings. The average Bonchev–Trinajstić information content (AvgIpc) is 3.15. The number of nitrogens with one attached hydrogen (secondary N) is 1. The van der Waals surface area contributed by atoms with Gasteiger partial charge in [-0.05, 0) is 49.2 Å². The van der Waals surface area contributed by atoms with Crippen molar-refractivity contribution >= 4 is 11.6 Å². The minimum atomic E-state index is -0.466. The van der Waals surface area contributed by atoms with Crippen LogP contribution in [0.1, 0.15) is 21.5 Å². The number of aryl methyl sites for hydroxylation is 2. The molecular formula is C20H20N4O4. The number of nitro groups is 1. The van der Waals surface area contributed by atoms with Crippen molar-refractivity contribution in [1.82, 2.24) is 15.1 Å². The number of non-ortho nitro benzene ring substituents is 1. The first-order chi connectivity index (χ1) is 13.4. The summed E-state index contributed by atoms with van der Waals surface area (Å²) < 4.78 is 7.16. The lowest BCUT2D eigenvalue weighted by Gasteiger charge is -2.09. The van der Waals surface area contributed by atoms with Gasteiger partial charge in [0.2, 0.25) is 0 Å². The second kappa shape index (κ2) is 8.34. The minimum absolute atomic E-state index is 0.00215. The van der Waals surface area contributed by atoms with Crippen LogP contribution in [0, 0.1) is 24.0 Å². The molecule has 1 heterocycles. The van der Waals surface area contributed by atoms with Crippen LogP contribution < -0.4 is 10.1 Å². The van der Waals surface area contributed by atoms with Gasteiger partial charge in [0.1, 0.15) is 12.4 Å². The van der Waals surface area contributed by atoms with E-state index in [4.69, 9.17) is 4.74 Å². The first kappa shape index (κ1) is 19.1. The van der Waals surface area contributed by atoms with Crippen molar-refractivity contribution in [1.29, 1.82) is 0 Å². The van der Waals surface area contributed by atoms with Crippen LogP contribution in [0.4, 0.5) is 5.69 Å². The molecule has 0 unspecified atom stereocenters. The lowest BCUT2D eigenvalue weighted by molar-refractivity contribution is -0.384. The van der Waals surface area contributed by atoms with Gasteiger partial charge in [0.25, 0.3) is 11.6 Å². The number of nitrogens with zero attached hydrogens (tertiary/aromatic N) is 3. The summed E-state index contributed by atoms with van der Waals surface area (Å²) in [5, 5.41) is 17.6. The first-order valence-corrected chi connectivity index (χ1v) is 8.71. The molecule has 8 nitrogen and oxygen atoms in total. The summed E-state index contributed by atoms with van der Waals surface area (Å²) >= 11 is 0. The third-order valence-electron chi connectivity index (χ3n) is 4.02. The summed E-state index contributed by atoms with van der Waals surface area (Å²) in [5.74, 6) is 0.509. The van der Waals surface area contributed by atoms with Crippen LogP contribution in [-0.2, 0) is 0 Å². The Labute approximate surface area is 161 Å². The van der Waals surface area contributed by atoms with E-state index in [9.17, 15) is 14.9 Å². The molecule has 2 aromatic carbocycles. The molecule has 0 aliphatic heterocycles. The van der Waals surface area contributed by atoms with Gasteiger partial charge in [-0.1, -0.05) is 6.07 Å². The molecule has 0 atom stereocenters. The number of rotatable bonds is 7. The number of amides is 1. The first-order valence-electron chi connectivity index (χ1n) is 8.71. The smallest absolute Gasteiger partial charge is 0.269 e. The maximum absolute atomic E-state index is 12.2. The molecule has 0 bridgehead atoms. The number of aromatic nitrogens is 2. The summed E-state index contributed by atoms with van der Waals surface area (Å²) in [7, 11) is 0. The molecule has 1 N–H and O–H groups in total. The standard InChI is InChI=1S/C20H20N4O4/c1-14-9-15(2)11-19(10-14)28-8-7-21-20(25)16-12-22-23(13-16)17-3-5-18(6-4-17)24(26)27/h3-6,9-13H,7-8H2,1-2H3,(H,21,25). The van der Waals surface area contributed by atoms with Crippen molar-refractivity contribution < 1.29 is 14.5 Å². The van der Waals surface area contributed by atoms with Crippen molar-refractivity contribution in [3.63, 3.8) is 0 Å². The molecule has 144 valence electrons. The summed E-state index contributed by atoms with van der Waals surface area (Å²) in [6.07, 6.45) is 3.02. The SMILES string of the molecule is Cc1cc(C)cc(OCCNC(=O)c2cnn(-c3ccc([N+](=O)[O-])cc3)c2)c1. The summed E-state index contributed by atoms with van der Waals surface area (Å²) in [6, 6.07) is 11.9. The lowest BCUT2D eigenvalue weighted by Crippen LogP contribution is -2.27. The Kier molecular flexibility index (Phi) is 5.69. The third-order valence-corrected chi connectivity index (χ3v) is 4.02. The molecule has 0 radical (unpaired) electrons. The van der Waals surface area contributed by atoms with Gasteiger partial charge < -0.3 is 10.1 Å². The van der Waals surface area contributed by atoms with Crippen molar-refractivity contribution in [2.24, 2.45) is 0 Å². The van der Waals surface area contributed by atoms with E-state index in [1.54, 1.807) is 18.3 Å². The molecule has 0 saturated heterocycles. The Morgan fingerprint density at radius 1 is 1.18 bits per heavy atom. The summed E-state index contributed by atoms with van der Waals surface area (Å²) in [6.45, 7) is 4.72. The zero-order chi connectivity index (χ0) is 20.1. The summed E-state index contributed by atoms with van der Waals surface area (Å²) in [4.78, 5) is 22.5. The van der Waals surface area contributed by atoms with Gasteiger partial charge in [-0.25, -0.2) is 4.68 Å². The highest BCUT2D eigenvalue weighted by atomic mass is 16.6. The highest BCUT2D eigenvalue weighted by molar-refractivity contribution is 5.93. The van der Waals surface area contributed by atoms with Crippen LogP contribution in [0.15, 0.2) is 54.9 Å². The predicted molar refractivity (Wildman–Crippen MR) is 104 cm³/mol. The monoisotopic (exact) mass is 380 g/mol. The van der Waals surface area contributed by atoms with Gasteiger partial charge in [-0.15, -0.1) is 0 Å². The molecule has 3 rings (SSSR count). The number of hydrogen-bond acceptors (Lipinski definition) is 5. The van der Waals surface area contributed by atoms with E-state index in [2.05, 4.69) is 16.5 Å². The van der Waals surface area contributed by atoms with Crippen molar-refractivity contribution in [3.8, 4) is 11.4 Å². The molecule has 8 heteroatoms. The van der Waals surface area contributed by atoms with Crippen LogP contribution in [0.5, 0.6) is 5.75 Å². The van der Waals surface area contributed by atoms with Crippen LogP contribution in [0.3, 0.4) is 0 Å². The van der Waals surface area contributed by atoms with E-state index in [1.165, 1.54) is 23.0 Å². The van der Waals surface area contributed by atoms with Gasteiger partial charge in [0, 0.05) is 18.3 Å². The second-order valence-electron chi connectivity index (χ2n) is 6.37. The predicted octanol–water partition coefficient (Wildman–Crippen LogP) is 3.21. The van der Waals surface area contributed by atoms with Crippen molar-refractivity contribution in [2.75, 3.05) is 13.2 Å². The van der Waals surface area contributed by atoms with E-state index in [0.29, 0.717) is 24.4 Å². The summed E-state index contributed by atoms with van der Waals surface area (Å²) in [5.41, 5.74) is 3.26. The highest BCUT2D eigenvalue weighted by Gasteiger charge is 2.10. The Morgan fingerprint density at radius 2 is 1.86 bits per heavy atom. The fraction of sp³-hybridized carbons (Fsp3) is 0.200. The molecule has 3 aromatic rings. The van der Waals surface area contributed by atoms with E-state index < -0.39 is 4.92 Å². The zero-order valence-electron chi connectivity index (χ0n) is 15.6. The van der Waals surface area contributed by atoms with E-state index in [1.807, 2.05) is 26.0 Å². The van der Waals surface area contributed by atoms with Gasteiger partial charge >= 0.3 is 0 Å². The van der Waals surface area contributed by atoms with E-state index in [0.717, 1.165) is 16.9 Å². The van der Waals surface area contributed by atoms with Gasteiger partial charge in [0.05, 0.1) is 28.9 Å². The number of hydrogen-bond donors (Lipinski definition) is 1. The van der Waals surface area contributed by atoms with Crippen LogP contribution in [0.25, 0.3) is 5.69 Å². The molecule has 1 amide bonds. The molecule has 0 saturated carbocycles. The number of carbonyl (C=O) groups excluding carboxylic acids is 1. The van der Waals surface area contributed by atoms with Gasteiger partial charge in [-0.3, -0.25) is 14.9 Å². The number of carbonyl (C=O) groups is 1. The molecule has 0 aliphatic carbocycles. The van der Waals surface area contributed by atoms with Gasteiger partial charge in [0.15, 0.2) is 0 Å². The number of benzene rings is 2. The zero-order valence-corrected chi connectivity index (χ0v) is 15.6. The second-order valence-corrected chi connectivity index (χ2v) is 6.37. The molecule has 0 aliphatic rings. The fourth-order valence-corrected chi connectivity index (χ4v) is 2.76. The Morgan fingerprint density at radius 3 is 2.50 bits per heavy atom. The largest absolute Gasteiger partial charge is 0.492 e. The molecular weight excluding hydrogens is 360 g/mol. The van der Waals surface area contributed by atoms with E-state index >= 15 is 0 Å². The highest BCUT2D eigenvalue weighted by Crippen LogP contribution is 2.16. The van der Waals surface area contributed by atoms with E-state index in [-0.39, 0.29) is 11.6 Å². The quantitative estimate of drug-likeness (QED) is 0.385.